The van der Waals surface area contributed by atoms with Gasteiger partial charge in [-0.2, -0.15) is 0 Å². The first kappa shape index (κ1) is 12.8. The van der Waals surface area contributed by atoms with E-state index >= 15 is 0 Å². The molecule has 18 heavy (non-hydrogen) atoms. The molecular formula is C12H15F2N3O. The van der Waals surface area contributed by atoms with E-state index < -0.39 is 17.3 Å². The second-order valence-electron chi connectivity index (χ2n) is 4.31. The van der Waals surface area contributed by atoms with E-state index in [1.807, 2.05) is 5.43 Å². The molecular weight excluding hydrogens is 240 g/mol. The monoisotopic (exact) mass is 255 g/mol. The Kier molecular flexibility index (Phi) is 3.76. The number of hydrazine groups is 1. The molecule has 1 saturated heterocycles. The number of nitrogen functional groups attached to an aromatic ring is 1. The summed E-state index contributed by atoms with van der Waals surface area (Å²) in [6, 6.07) is 2.02. The Hall–Kier alpha value is -1.69. The number of rotatable bonds is 2. The Morgan fingerprint density at radius 3 is 2.22 bits per heavy atom. The highest BCUT2D eigenvalue weighted by Gasteiger charge is 2.21. The molecule has 0 spiro atoms. The van der Waals surface area contributed by atoms with Gasteiger partial charge in [-0.1, -0.05) is 0 Å². The summed E-state index contributed by atoms with van der Waals surface area (Å²) in [5, 5.41) is 0. The summed E-state index contributed by atoms with van der Waals surface area (Å²) in [7, 11) is 0. The highest BCUT2D eigenvalue weighted by molar-refractivity contribution is 5.94. The Balaban J connectivity index is 2.25. The first-order valence-corrected chi connectivity index (χ1v) is 5.88. The SMILES string of the molecule is NNc1c(F)cc(C(=O)N2CCCCC2)cc1F. The maximum atomic E-state index is 13.5. The molecule has 98 valence electrons. The number of benzene rings is 1. The van der Waals surface area contributed by atoms with E-state index in [2.05, 4.69) is 0 Å². The fourth-order valence-corrected chi connectivity index (χ4v) is 2.11. The van der Waals surface area contributed by atoms with Crippen LogP contribution in [0, 0.1) is 11.6 Å². The third kappa shape index (κ3) is 2.43. The minimum atomic E-state index is -0.863. The van der Waals surface area contributed by atoms with Gasteiger partial charge in [0.25, 0.3) is 5.91 Å². The van der Waals surface area contributed by atoms with Gasteiger partial charge in [-0.3, -0.25) is 10.6 Å². The molecule has 0 aliphatic carbocycles. The van der Waals surface area contributed by atoms with Crippen molar-refractivity contribution in [3.8, 4) is 0 Å². The molecule has 1 fully saturated rings. The number of anilines is 1. The van der Waals surface area contributed by atoms with Crippen LogP contribution in [-0.4, -0.2) is 23.9 Å². The van der Waals surface area contributed by atoms with E-state index in [1.54, 1.807) is 4.90 Å². The molecule has 3 N–H and O–H groups in total. The molecule has 1 aromatic carbocycles. The van der Waals surface area contributed by atoms with E-state index in [4.69, 9.17) is 5.84 Å². The van der Waals surface area contributed by atoms with Crippen molar-refractivity contribution in [1.29, 1.82) is 0 Å². The summed E-state index contributed by atoms with van der Waals surface area (Å²) in [5.41, 5.74) is 1.53. The van der Waals surface area contributed by atoms with E-state index in [1.165, 1.54) is 0 Å². The lowest BCUT2D eigenvalue weighted by Crippen LogP contribution is -2.35. The summed E-state index contributed by atoms with van der Waals surface area (Å²) in [5.74, 6) is 2.93. The van der Waals surface area contributed by atoms with E-state index in [9.17, 15) is 13.6 Å². The maximum Gasteiger partial charge on any atom is 0.254 e. The van der Waals surface area contributed by atoms with Crippen molar-refractivity contribution in [2.75, 3.05) is 18.5 Å². The Morgan fingerprint density at radius 2 is 1.72 bits per heavy atom. The van der Waals surface area contributed by atoms with Gasteiger partial charge in [0.05, 0.1) is 0 Å². The summed E-state index contributed by atoms with van der Waals surface area (Å²) in [6.07, 6.45) is 2.95. The van der Waals surface area contributed by atoms with Gasteiger partial charge in [-0.25, -0.2) is 8.78 Å². The molecule has 1 aliphatic heterocycles. The van der Waals surface area contributed by atoms with Crippen molar-refractivity contribution in [3.05, 3.63) is 29.3 Å². The molecule has 2 rings (SSSR count). The van der Waals surface area contributed by atoms with Crippen LogP contribution < -0.4 is 11.3 Å². The number of nitrogens with two attached hydrogens (primary N) is 1. The van der Waals surface area contributed by atoms with Gasteiger partial charge in [-0.15, -0.1) is 0 Å². The molecule has 0 atom stereocenters. The van der Waals surface area contributed by atoms with Gasteiger partial charge in [0.1, 0.15) is 5.69 Å². The topological polar surface area (TPSA) is 58.4 Å². The lowest BCUT2D eigenvalue weighted by Gasteiger charge is -2.26. The molecule has 0 aromatic heterocycles. The van der Waals surface area contributed by atoms with Gasteiger partial charge >= 0.3 is 0 Å². The van der Waals surface area contributed by atoms with Crippen LogP contribution in [0.4, 0.5) is 14.5 Å². The van der Waals surface area contributed by atoms with Gasteiger partial charge < -0.3 is 10.3 Å². The minimum Gasteiger partial charge on any atom is -0.339 e. The number of nitrogens with one attached hydrogen (secondary N) is 1. The summed E-state index contributed by atoms with van der Waals surface area (Å²) < 4.78 is 27.0. The van der Waals surface area contributed by atoms with Crippen LogP contribution in [0.3, 0.4) is 0 Å². The molecule has 4 nitrogen and oxygen atoms in total. The van der Waals surface area contributed by atoms with Crippen molar-refractivity contribution < 1.29 is 13.6 Å². The number of halogens is 2. The van der Waals surface area contributed by atoms with Gasteiger partial charge in [0.2, 0.25) is 0 Å². The smallest absolute Gasteiger partial charge is 0.254 e. The number of piperidine rings is 1. The quantitative estimate of drug-likeness (QED) is 0.626. The van der Waals surface area contributed by atoms with Crippen LogP contribution >= 0.6 is 0 Å². The average molecular weight is 255 g/mol. The van der Waals surface area contributed by atoms with Crippen LogP contribution in [-0.2, 0) is 0 Å². The standard InChI is InChI=1S/C12H15F2N3O/c13-9-6-8(7-10(14)11(9)16-15)12(18)17-4-2-1-3-5-17/h6-7,16H,1-5,15H2. The molecule has 1 aromatic rings. The molecule has 0 saturated carbocycles. The van der Waals surface area contributed by atoms with Crippen molar-refractivity contribution in [2.24, 2.45) is 5.84 Å². The van der Waals surface area contributed by atoms with Crippen LogP contribution in [0.25, 0.3) is 0 Å². The fraction of sp³-hybridized carbons (Fsp3) is 0.417. The van der Waals surface area contributed by atoms with Crippen molar-refractivity contribution in [1.82, 2.24) is 4.90 Å². The molecule has 6 heteroatoms. The lowest BCUT2D eigenvalue weighted by atomic mass is 10.1. The van der Waals surface area contributed by atoms with Crippen LogP contribution in [0.2, 0.25) is 0 Å². The largest absolute Gasteiger partial charge is 0.339 e. The molecule has 0 unspecified atom stereocenters. The first-order chi connectivity index (χ1) is 8.63. The van der Waals surface area contributed by atoms with Crippen molar-refractivity contribution in [2.45, 2.75) is 19.3 Å². The third-order valence-electron chi connectivity index (χ3n) is 3.08. The zero-order valence-corrected chi connectivity index (χ0v) is 9.88. The zero-order valence-electron chi connectivity index (χ0n) is 9.88. The summed E-state index contributed by atoms with van der Waals surface area (Å²) >= 11 is 0. The molecule has 0 radical (unpaired) electrons. The molecule has 1 aliphatic rings. The van der Waals surface area contributed by atoms with E-state index in [0.29, 0.717) is 13.1 Å². The second-order valence-corrected chi connectivity index (χ2v) is 4.31. The summed E-state index contributed by atoms with van der Waals surface area (Å²) in [6.45, 7) is 1.28. The molecule has 1 amide bonds. The number of hydrogen-bond donors (Lipinski definition) is 2. The Labute approximate surface area is 104 Å². The van der Waals surface area contributed by atoms with E-state index in [-0.39, 0.29) is 11.5 Å². The second kappa shape index (κ2) is 5.30. The predicted molar refractivity (Wildman–Crippen MR) is 63.9 cm³/mol. The normalized spacial score (nSPS) is 15.6. The molecule has 1 heterocycles. The Bertz CT molecular complexity index is 436. The van der Waals surface area contributed by atoms with Crippen LogP contribution in [0.15, 0.2) is 12.1 Å². The predicted octanol–water partition coefficient (Wildman–Crippen LogP) is 1.88. The fourth-order valence-electron chi connectivity index (χ4n) is 2.11. The number of likely N-dealkylation sites (tertiary alicyclic amines) is 1. The first-order valence-electron chi connectivity index (χ1n) is 5.88. The molecule has 0 bridgehead atoms. The number of amides is 1. The van der Waals surface area contributed by atoms with Crippen LogP contribution in [0.5, 0.6) is 0 Å². The highest BCUT2D eigenvalue weighted by Crippen LogP contribution is 2.21. The van der Waals surface area contributed by atoms with E-state index in [0.717, 1.165) is 31.4 Å². The number of nitrogens with zero attached hydrogens (tertiary/aromatic N) is 1. The van der Waals surface area contributed by atoms with Crippen molar-refractivity contribution >= 4 is 11.6 Å². The lowest BCUT2D eigenvalue weighted by molar-refractivity contribution is 0.0723. The number of carbonyl (C=O) groups is 1. The summed E-state index contributed by atoms with van der Waals surface area (Å²) in [4.78, 5) is 13.7. The number of hydrogen-bond acceptors (Lipinski definition) is 3. The Morgan fingerprint density at radius 1 is 1.17 bits per heavy atom. The van der Waals surface area contributed by atoms with Crippen LogP contribution in [0.1, 0.15) is 29.6 Å². The minimum absolute atomic E-state index is 0.0194. The van der Waals surface area contributed by atoms with Gasteiger partial charge in [0.15, 0.2) is 11.6 Å². The third-order valence-corrected chi connectivity index (χ3v) is 3.08. The zero-order chi connectivity index (χ0) is 13.1. The van der Waals surface area contributed by atoms with Gasteiger partial charge in [0, 0.05) is 18.7 Å². The number of carbonyl (C=O) groups excluding carboxylic acids is 1. The van der Waals surface area contributed by atoms with Gasteiger partial charge in [-0.05, 0) is 31.4 Å². The average Bonchev–Trinajstić information content (AvgIpc) is 2.38. The highest BCUT2D eigenvalue weighted by atomic mass is 19.1. The maximum absolute atomic E-state index is 13.5. The van der Waals surface area contributed by atoms with Crippen molar-refractivity contribution in [3.63, 3.8) is 0 Å².